The van der Waals surface area contributed by atoms with Crippen LogP contribution in [0.25, 0.3) is 5.52 Å². The molecule has 1 saturated carbocycles. The topological polar surface area (TPSA) is 180 Å². The van der Waals surface area contributed by atoms with Gasteiger partial charge in [-0.2, -0.15) is 5.10 Å². The first-order valence-electron chi connectivity index (χ1n) is 19.2. The fourth-order valence-corrected chi connectivity index (χ4v) is 8.25. The lowest BCUT2D eigenvalue weighted by atomic mass is 10.0. The third-order valence-electron chi connectivity index (χ3n) is 10.5. The Labute approximate surface area is 307 Å². The summed E-state index contributed by atoms with van der Waals surface area (Å²) in [7, 11) is -4.73. The maximum absolute atomic E-state index is 13.1. The highest BCUT2D eigenvalue weighted by Crippen LogP contribution is 2.68. The highest BCUT2D eigenvalue weighted by molar-refractivity contribution is 7.47. The lowest BCUT2D eigenvalue weighted by Crippen LogP contribution is -2.35. The van der Waals surface area contributed by atoms with Gasteiger partial charge in [0.2, 0.25) is 0 Å². The summed E-state index contributed by atoms with van der Waals surface area (Å²) >= 11 is 0. The molecule has 0 amide bonds. The number of benzene rings is 1. The molecule has 14 heteroatoms. The van der Waals surface area contributed by atoms with Gasteiger partial charge in [-0.25, -0.2) is 14.1 Å². The fourth-order valence-electron chi connectivity index (χ4n) is 7.20. The van der Waals surface area contributed by atoms with Gasteiger partial charge in [0.15, 0.2) is 11.4 Å². The van der Waals surface area contributed by atoms with E-state index in [1.54, 1.807) is 12.1 Å². The lowest BCUT2D eigenvalue weighted by Gasteiger charge is -2.24. The van der Waals surface area contributed by atoms with E-state index >= 15 is 0 Å². The molecule has 13 nitrogen and oxygen atoms in total. The van der Waals surface area contributed by atoms with Crippen LogP contribution >= 0.6 is 7.82 Å². The van der Waals surface area contributed by atoms with Crippen molar-refractivity contribution in [3.05, 3.63) is 60.0 Å². The Bertz CT molecular complexity index is 1560. The molecule has 2 aliphatic rings. The minimum absolute atomic E-state index is 0.166. The number of ether oxygens (including phenoxy) is 3. The van der Waals surface area contributed by atoms with Gasteiger partial charge in [-0.1, -0.05) is 121 Å². The van der Waals surface area contributed by atoms with Crippen molar-refractivity contribution in [1.82, 2.24) is 14.6 Å². The van der Waals surface area contributed by atoms with Crippen LogP contribution in [-0.2, 0) is 34.4 Å². The normalized spacial score (nSPS) is 25.7. The van der Waals surface area contributed by atoms with E-state index < -0.39 is 43.4 Å². The van der Waals surface area contributed by atoms with Gasteiger partial charge in [-0.3, -0.25) is 9.05 Å². The van der Waals surface area contributed by atoms with E-state index in [0.717, 1.165) is 18.4 Å². The average molecular weight is 747 g/mol. The molecular formula is C38H59N4O9P. The molecule has 3 aromatic rings. The molecule has 1 saturated heterocycles. The first-order chi connectivity index (χ1) is 25.1. The van der Waals surface area contributed by atoms with Gasteiger partial charge in [-0.15, -0.1) is 0 Å². The average Bonchev–Trinajstić information content (AvgIpc) is 3.39. The van der Waals surface area contributed by atoms with Crippen molar-refractivity contribution in [2.75, 3.05) is 25.6 Å². The molecule has 2 unspecified atom stereocenters. The minimum Gasteiger partial charge on any atom is -0.387 e. The number of aliphatic hydroxyl groups excluding tert-OH is 1. The molecule has 52 heavy (non-hydrogen) atoms. The van der Waals surface area contributed by atoms with Crippen LogP contribution in [0.15, 0.2) is 48.8 Å². The quantitative estimate of drug-likeness (QED) is 0.0498. The van der Waals surface area contributed by atoms with E-state index in [9.17, 15) is 19.7 Å². The van der Waals surface area contributed by atoms with Crippen molar-refractivity contribution < 1.29 is 42.9 Å². The van der Waals surface area contributed by atoms with E-state index in [2.05, 4.69) is 17.0 Å². The second-order valence-electron chi connectivity index (χ2n) is 14.5. The molecule has 1 aliphatic carbocycles. The van der Waals surface area contributed by atoms with Gasteiger partial charge in [0.1, 0.15) is 41.9 Å². The molecule has 2 fully saturated rings. The third-order valence-corrected chi connectivity index (χ3v) is 11.4. The number of phosphoric acid groups is 1. The maximum atomic E-state index is 13.1. The maximum Gasteiger partial charge on any atom is 0.472 e. The second-order valence-corrected chi connectivity index (χ2v) is 15.9. The van der Waals surface area contributed by atoms with E-state index in [4.69, 9.17) is 29.0 Å². The molecule has 0 radical (unpaired) electrons. The van der Waals surface area contributed by atoms with Gasteiger partial charge in [0.05, 0.1) is 25.5 Å². The molecule has 7 atom stereocenters. The van der Waals surface area contributed by atoms with Crippen LogP contribution in [0.4, 0.5) is 5.82 Å². The highest BCUT2D eigenvalue weighted by atomic mass is 31.2. The van der Waals surface area contributed by atoms with Crippen molar-refractivity contribution >= 4 is 19.2 Å². The van der Waals surface area contributed by atoms with Crippen LogP contribution in [0.1, 0.15) is 121 Å². The van der Waals surface area contributed by atoms with Crippen molar-refractivity contribution in [2.45, 2.75) is 146 Å². The summed E-state index contributed by atoms with van der Waals surface area (Å²) in [6.45, 7) is 4.46. The number of phosphoric ester groups is 1. The van der Waals surface area contributed by atoms with Gasteiger partial charge < -0.3 is 35.1 Å². The predicted molar refractivity (Wildman–Crippen MR) is 197 cm³/mol. The molecular weight excluding hydrogens is 687 g/mol. The highest BCUT2D eigenvalue weighted by Gasteiger charge is 2.87. The summed E-state index contributed by atoms with van der Waals surface area (Å²) in [5.74, 6) is 0.245. The Morgan fingerprint density at radius 1 is 0.942 bits per heavy atom. The minimum atomic E-state index is -4.73. The summed E-state index contributed by atoms with van der Waals surface area (Å²) < 4.78 is 43.4. The molecule has 5 N–H and O–H groups in total. The molecule has 290 valence electrons. The third kappa shape index (κ3) is 10.2. The number of hydrogen-bond donors (Lipinski definition) is 4. The van der Waals surface area contributed by atoms with Gasteiger partial charge in [-0.05, 0) is 31.0 Å². The van der Waals surface area contributed by atoms with Crippen molar-refractivity contribution in [2.24, 2.45) is 0 Å². The fraction of sp³-hybridized carbons (Fsp3) is 0.684. The summed E-state index contributed by atoms with van der Waals surface area (Å²) in [6, 6.07) is 12.9. The zero-order valence-electron chi connectivity index (χ0n) is 30.8. The molecule has 1 aromatic carbocycles. The van der Waals surface area contributed by atoms with Crippen molar-refractivity contribution in [1.29, 1.82) is 0 Å². The number of nitrogens with zero attached hydrogens (tertiary/aromatic N) is 3. The Morgan fingerprint density at radius 2 is 1.58 bits per heavy atom. The number of nitrogens with two attached hydrogens (primary N) is 1. The molecule has 2 aromatic heterocycles. The van der Waals surface area contributed by atoms with E-state index in [1.165, 1.54) is 94.8 Å². The van der Waals surface area contributed by atoms with Crippen LogP contribution in [0.5, 0.6) is 0 Å². The SMILES string of the molecule is CCCCCCCCCCCCCCCCOC[C@@H](COP(=O)(O)OC1[C@@]2(C)O[C@@H](c3ccc4c(N)ncnn34)[C@H](O)[C@@]12O)OCc1ccccc1. The smallest absolute Gasteiger partial charge is 0.387 e. The number of aromatic nitrogens is 3. The predicted octanol–water partition coefficient (Wildman–Crippen LogP) is 6.83. The number of aliphatic hydroxyl groups is 2. The zero-order chi connectivity index (χ0) is 37.0. The Kier molecular flexibility index (Phi) is 15.1. The van der Waals surface area contributed by atoms with Crippen molar-refractivity contribution in [3.63, 3.8) is 0 Å². The van der Waals surface area contributed by atoms with Crippen LogP contribution in [-0.4, -0.2) is 79.0 Å². The first kappa shape index (κ1) is 40.7. The number of rotatable bonds is 26. The number of unbranched alkanes of at least 4 members (excludes halogenated alkanes) is 13. The standard InChI is InChI=1S/C38H59N4O9P/c1-3-4-5-6-7-8-9-10-11-12-13-14-15-19-24-47-26-30(48-25-29-20-17-16-18-21-29)27-49-52(45,46)51-36-37(2)38(36,44)34(43)33(50-37)31-22-23-32-35(39)40-28-41-42(31)32/h16-18,20-23,28,30,33-34,36,43-44H,3-15,19,24-27H2,1-2H3,(H,45,46)(H2,39,40,41)/t30-,33-,34-,36?,37+,38+/m0/s1. The number of anilines is 1. The summed E-state index contributed by atoms with van der Waals surface area (Å²) in [5, 5.41) is 26.8. The molecule has 5 rings (SSSR count). The van der Waals surface area contributed by atoms with Crippen LogP contribution in [0.3, 0.4) is 0 Å². The van der Waals surface area contributed by atoms with Gasteiger partial charge >= 0.3 is 7.82 Å². The van der Waals surface area contributed by atoms with E-state index in [1.807, 2.05) is 30.3 Å². The Balaban J connectivity index is 1.02. The first-order valence-corrected chi connectivity index (χ1v) is 20.7. The van der Waals surface area contributed by atoms with Crippen LogP contribution in [0, 0.1) is 0 Å². The molecule has 3 heterocycles. The van der Waals surface area contributed by atoms with E-state index in [0.29, 0.717) is 17.8 Å². The number of nitrogen functional groups attached to an aromatic ring is 1. The summed E-state index contributed by atoms with van der Waals surface area (Å²) in [6.07, 6.45) is 14.7. The number of fused-ring (bicyclic) bond motifs is 2. The van der Waals surface area contributed by atoms with Crippen LogP contribution < -0.4 is 5.73 Å². The Morgan fingerprint density at radius 3 is 2.19 bits per heavy atom. The molecule has 0 spiro atoms. The summed E-state index contributed by atoms with van der Waals surface area (Å²) in [5.41, 5.74) is 4.37. The summed E-state index contributed by atoms with van der Waals surface area (Å²) in [4.78, 5) is 14.7. The molecule has 1 aliphatic heterocycles. The van der Waals surface area contributed by atoms with Crippen LogP contribution in [0.2, 0.25) is 0 Å². The monoisotopic (exact) mass is 746 g/mol. The van der Waals surface area contributed by atoms with Crippen molar-refractivity contribution in [3.8, 4) is 0 Å². The number of hydrogen-bond acceptors (Lipinski definition) is 11. The zero-order valence-corrected chi connectivity index (χ0v) is 31.7. The second kappa shape index (κ2) is 19.2. The van der Waals surface area contributed by atoms with Gasteiger partial charge in [0, 0.05) is 6.61 Å². The Hall–Kier alpha value is -2.45. The lowest BCUT2D eigenvalue weighted by molar-refractivity contribution is -0.0837. The van der Waals surface area contributed by atoms with Gasteiger partial charge in [0.25, 0.3) is 0 Å². The van der Waals surface area contributed by atoms with E-state index in [-0.39, 0.29) is 25.6 Å². The largest absolute Gasteiger partial charge is 0.472 e. The molecule has 0 bridgehead atoms.